The standard InChI is InChI=1S/C18H19FN2O3S/c1-11-9-13(10-15-16(11)21(4)17(22)18(15,2)3)20-25(23,24)14-7-5-12(19)6-8-14/h5-10,20H,1-4H3. The zero-order chi connectivity index (χ0) is 18.6. The summed E-state index contributed by atoms with van der Waals surface area (Å²) in [5, 5.41) is 0. The maximum absolute atomic E-state index is 13.0. The summed E-state index contributed by atoms with van der Waals surface area (Å²) in [7, 11) is -2.13. The Kier molecular flexibility index (Phi) is 3.87. The van der Waals surface area contributed by atoms with Gasteiger partial charge >= 0.3 is 0 Å². The third-order valence-electron chi connectivity index (χ3n) is 4.52. The Balaban J connectivity index is 2.04. The largest absolute Gasteiger partial charge is 0.314 e. The number of likely N-dealkylation sites (N-methyl/N-ethyl adjacent to an activating group) is 1. The number of carbonyl (C=O) groups excluding carboxylic acids is 1. The van der Waals surface area contributed by atoms with Gasteiger partial charge in [0.2, 0.25) is 5.91 Å². The van der Waals surface area contributed by atoms with Gasteiger partial charge in [-0.05, 0) is 68.3 Å². The van der Waals surface area contributed by atoms with Crippen molar-refractivity contribution in [1.82, 2.24) is 0 Å². The molecule has 2 aromatic carbocycles. The number of nitrogens with zero attached hydrogens (tertiary/aromatic N) is 1. The first kappa shape index (κ1) is 17.4. The molecule has 25 heavy (non-hydrogen) atoms. The van der Waals surface area contributed by atoms with Crippen LogP contribution in [0.4, 0.5) is 15.8 Å². The second kappa shape index (κ2) is 5.56. The number of sulfonamides is 1. The first-order valence-electron chi connectivity index (χ1n) is 7.76. The number of hydrogen-bond acceptors (Lipinski definition) is 3. The second-order valence-electron chi connectivity index (χ2n) is 6.74. The average molecular weight is 362 g/mol. The van der Waals surface area contributed by atoms with E-state index >= 15 is 0 Å². The summed E-state index contributed by atoms with van der Waals surface area (Å²) in [6, 6.07) is 7.98. The SMILES string of the molecule is Cc1cc(NS(=O)(=O)c2ccc(F)cc2)cc2c1N(C)C(=O)C2(C)C. The summed E-state index contributed by atoms with van der Waals surface area (Å²) >= 11 is 0. The number of aryl methyl sites for hydroxylation is 1. The number of rotatable bonds is 3. The van der Waals surface area contributed by atoms with Crippen molar-refractivity contribution >= 4 is 27.3 Å². The van der Waals surface area contributed by atoms with Gasteiger partial charge in [-0.25, -0.2) is 12.8 Å². The van der Waals surface area contributed by atoms with Gasteiger partial charge in [0.05, 0.1) is 16.0 Å². The minimum Gasteiger partial charge on any atom is -0.314 e. The molecule has 1 N–H and O–H groups in total. The van der Waals surface area contributed by atoms with Crippen LogP contribution in [0.3, 0.4) is 0 Å². The molecule has 3 rings (SSSR count). The molecule has 7 heteroatoms. The van der Waals surface area contributed by atoms with Crippen LogP contribution in [0.5, 0.6) is 0 Å². The third-order valence-corrected chi connectivity index (χ3v) is 5.92. The van der Waals surface area contributed by atoms with Gasteiger partial charge in [-0.2, -0.15) is 0 Å². The number of fused-ring (bicyclic) bond motifs is 1. The highest BCUT2D eigenvalue weighted by Crippen LogP contribution is 2.44. The Morgan fingerprint density at radius 1 is 1.12 bits per heavy atom. The van der Waals surface area contributed by atoms with Gasteiger partial charge in [0, 0.05) is 12.7 Å². The molecular weight excluding hydrogens is 343 g/mol. The molecule has 0 aliphatic carbocycles. The van der Waals surface area contributed by atoms with Crippen molar-refractivity contribution in [3.8, 4) is 0 Å². The highest BCUT2D eigenvalue weighted by atomic mass is 32.2. The van der Waals surface area contributed by atoms with E-state index in [-0.39, 0.29) is 10.8 Å². The summed E-state index contributed by atoms with van der Waals surface area (Å²) in [5.41, 5.74) is 2.02. The van der Waals surface area contributed by atoms with E-state index in [1.165, 1.54) is 12.1 Å². The van der Waals surface area contributed by atoms with Crippen molar-refractivity contribution in [3.63, 3.8) is 0 Å². The molecule has 1 amide bonds. The lowest BCUT2D eigenvalue weighted by molar-refractivity contribution is -0.121. The highest BCUT2D eigenvalue weighted by molar-refractivity contribution is 7.92. The molecule has 0 radical (unpaired) electrons. The van der Waals surface area contributed by atoms with Crippen LogP contribution in [-0.4, -0.2) is 21.4 Å². The predicted octanol–water partition coefficient (Wildman–Crippen LogP) is 3.19. The molecule has 0 unspecified atom stereocenters. The zero-order valence-electron chi connectivity index (χ0n) is 14.4. The molecule has 0 bridgehead atoms. The van der Waals surface area contributed by atoms with Crippen LogP contribution < -0.4 is 9.62 Å². The third kappa shape index (κ3) is 2.78. The normalized spacial score (nSPS) is 16.0. The van der Waals surface area contributed by atoms with Crippen molar-refractivity contribution < 1.29 is 17.6 Å². The lowest BCUT2D eigenvalue weighted by Gasteiger charge is -2.17. The Labute approximate surface area is 146 Å². The molecule has 1 heterocycles. The topological polar surface area (TPSA) is 66.5 Å². The van der Waals surface area contributed by atoms with E-state index in [2.05, 4.69) is 4.72 Å². The summed E-state index contributed by atoms with van der Waals surface area (Å²) in [6.45, 7) is 5.46. The maximum Gasteiger partial charge on any atom is 0.261 e. The van der Waals surface area contributed by atoms with Gasteiger partial charge < -0.3 is 4.90 Å². The van der Waals surface area contributed by atoms with E-state index in [0.29, 0.717) is 5.69 Å². The van der Waals surface area contributed by atoms with Gasteiger partial charge in [-0.15, -0.1) is 0 Å². The fourth-order valence-corrected chi connectivity index (χ4v) is 4.26. The van der Waals surface area contributed by atoms with E-state index < -0.39 is 21.3 Å². The van der Waals surface area contributed by atoms with Crippen molar-refractivity contribution in [2.45, 2.75) is 31.1 Å². The zero-order valence-corrected chi connectivity index (χ0v) is 15.2. The van der Waals surface area contributed by atoms with Crippen LogP contribution in [0.2, 0.25) is 0 Å². The van der Waals surface area contributed by atoms with Crippen molar-refractivity contribution in [2.24, 2.45) is 0 Å². The van der Waals surface area contributed by atoms with Crippen molar-refractivity contribution in [1.29, 1.82) is 0 Å². The molecule has 2 aromatic rings. The number of nitrogens with one attached hydrogen (secondary N) is 1. The monoisotopic (exact) mass is 362 g/mol. The summed E-state index contributed by atoms with van der Waals surface area (Å²) in [5.74, 6) is -0.542. The van der Waals surface area contributed by atoms with Gasteiger partial charge in [-0.3, -0.25) is 9.52 Å². The quantitative estimate of drug-likeness (QED) is 0.912. The summed E-state index contributed by atoms with van der Waals surface area (Å²) < 4.78 is 40.5. The van der Waals surface area contributed by atoms with E-state index in [9.17, 15) is 17.6 Å². The number of hydrogen-bond donors (Lipinski definition) is 1. The lowest BCUT2D eigenvalue weighted by Crippen LogP contribution is -2.33. The van der Waals surface area contributed by atoms with Crippen molar-refractivity contribution in [2.75, 3.05) is 16.7 Å². The number of anilines is 2. The predicted molar refractivity (Wildman–Crippen MR) is 94.8 cm³/mol. The molecule has 132 valence electrons. The van der Waals surface area contributed by atoms with Gasteiger partial charge in [0.1, 0.15) is 5.82 Å². The second-order valence-corrected chi connectivity index (χ2v) is 8.42. The molecule has 0 saturated carbocycles. The van der Waals surface area contributed by atoms with Gasteiger partial charge in [-0.1, -0.05) is 0 Å². The first-order valence-corrected chi connectivity index (χ1v) is 9.24. The Hall–Kier alpha value is -2.41. The fraction of sp³-hybridized carbons (Fsp3) is 0.278. The average Bonchev–Trinajstić information content (AvgIpc) is 2.69. The van der Waals surface area contributed by atoms with Crippen LogP contribution in [0.1, 0.15) is 25.0 Å². The number of amides is 1. The summed E-state index contributed by atoms with van der Waals surface area (Å²) in [6.07, 6.45) is 0. The van der Waals surface area contributed by atoms with Crippen LogP contribution >= 0.6 is 0 Å². The highest BCUT2D eigenvalue weighted by Gasteiger charge is 2.43. The van der Waals surface area contributed by atoms with Crippen LogP contribution in [0.25, 0.3) is 0 Å². The van der Waals surface area contributed by atoms with Crippen molar-refractivity contribution in [3.05, 3.63) is 53.3 Å². The lowest BCUT2D eigenvalue weighted by atomic mass is 9.85. The molecule has 0 atom stereocenters. The van der Waals surface area contributed by atoms with Gasteiger partial charge in [0.25, 0.3) is 10.0 Å². The molecule has 0 saturated heterocycles. The van der Waals surface area contributed by atoms with Crippen LogP contribution in [-0.2, 0) is 20.2 Å². The number of carbonyl (C=O) groups is 1. The first-order chi connectivity index (χ1) is 11.5. The summed E-state index contributed by atoms with van der Waals surface area (Å²) in [4.78, 5) is 14.0. The maximum atomic E-state index is 13.0. The van der Waals surface area contributed by atoms with E-state index in [1.807, 2.05) is 20.8 Å². The molecule has 0 aromatic heterocycles. The smallest absolute Gasteiger partial charge is 0.261 e. The minimum absolute atomic E-state index is 0.0282. The Morgan fingerprint density at radius 3 is 2.32 bits per heavy atom. The fourth-order valence-electron chi connectivity index (χ4n) is 3.22. The molecule has 0 spiro atoms. The number of halogens is 1. The van der Waals surface area contributed by atoms with E-state index in [4.69, 9.17) is 0 Å². The van der Waals surface area contributed by atoms with E-state index in [0.717, 1.165) is 28.9 Å². The minimum atomic E-state index is -3.84. The number of benzene rings is 2. The van der Waals surface area contributed by atoms with E-state index in [1.54, 1.807) is 24.1 Å². The molecule has 1 aliphatic heterocycles. The molecule has 5 nitrogen and oxygen atoms in total. The van der Waals surface area contributed by atoms with Gasteiger partial charge in [0.15, 0.2) is 0 Å². The molecule has 1 aliphatic rings. The molecular formula is C18H19FN2O3S. The Bertz CT molecular complexity index is 967. The Morgan fingerprint density at radius 2 is 1.72 bits per heavy atom. The molecule has 0 fully saturated rings. The van der Waals surface area contributed by atoms with Crippen LogP contribution in [0, 0.1) is 12.7 Å². The van der Waals surface area contributed by atoms with Crippen LogP contribution in [0.15, 0.2) is 41.3 Å².